The first kappa shape index (κ1) is 16.0. The molecule has 0 aromatic heterocycles. The van der Waals surface area contributed by atoms with Gasteiger partial charge >= 0.3 is 0 Å². The van der Waals surface area contributed by atoms with Gasteiger partial charge in [0, 0.05) is 11.6 Å². The molecule has 1 aromatic carbocycles. The van der Waals surface area contributed by atoms with E-state index in [4.69, 9.17) is 4.74 Å². The number of unbranched alkanes of at least 4 members (excludes halogenated alkanes) is 3. The van der Waals surface area contributed by atoms with Crippen LogP contribution in [0.25, 0.3) is 0 Å². The maximum Gasteiger partial charge on any atom is 0.124 e. The van der Waals surface area contributed by atoms with Gasteiger partial charge in [0.25, 0.3) is 0 Å². The summed E-state index contributed by atoms with van der Waals surface area (Å²) in [5.74, 6) is 1.02. The van der Waals surface area contributed by atoms with Crippen molar-refractivity contribution in [1.82, 2.24) is 5.32 Å². The Morgan fingerprint density at radius 3 is 2.47 bits per heavy atom. The number of hydrogen-bond donors (Lipinski definition) is 1. The van der Waals surface area contributed by atoms with Gasteiger partial charge in [0.15, 0.2) is 0 Å². The van der Waals surface area contributed by atoms with Crippen LogP contribution in [0.3, 0.4) is 0 Å². The number of ether oxygens (including phenoxy) is 1. The molecular weight excluding hydrogens is 234 g/mol. The van der Waals surface area contributed by atoms with E-state index >= 15 is 0 Å². The minimum absolute atomic E-state index is 0.396. The van der Waals surface area contributed by atoms with Crippen molar-refractivity contribution in [2.45, 2.75) is 58.9 Å². The number of methoxy groups -OCH3 is 1. The van der Waals surface area contributed by atoms with Crippen molar-refractivity contribution in [2.24, 2.45) is 0 Å². The van der Waals surface area contributed by atoms with Crippen LogP contribution in [0.4, 0.5) is 0 Å². The normalized spacial score (nSPS) is 12.5. The minimum atomic E-state index is 0.396. The van der Waals surface area contributed by atoms with Crippen molar-refractivity contribution in [3.05, 3.63) is 28.8 Å². The predicted octanol–water partition coefficient (Wildman–Crippen LogP) is 4.54. The summed E-state index contributed by atoms with van der Waals surface area (Å²) in [5, 5.41) is 3.45. The summed E-state index contributed by atoms with van der Waals surface area (Å²) in [6.45, 7) is 6.55. The highest BCUT2D eigenvalue weighted by Gasteiger charge is 2.17. The van der Waals surface area contributed by atoms with Crippen LogP contribution >= 0.6 is 0 Å². The zero-order valence-corrected chi connectivity index (χ0v) is 13.2. The maximum absolute atomic E-state index is 5.58. The summed E-state index contributed by atoms with van der Waals surface area (Å²) < 4.78 is 5.58. The van der Waals surface area contributed by atoms with Crippen LogP contribution in [0.5, 0.6) is 5.75 Å². The molecule has 0 fully saturated rings. The second-order valence-electron chi connectivity index (χ2n) is 5.39. The number of benzene rings is 1. The summed E-state index contributed by atoms with van der Waals surface area (Å²) in [7, 11) is 3.81. The lowest BCUT2D eigenvalue weighted by molar-refractivity contribution is 0.395. The molecule has 0 saturated heterocycles. The van der Waals surface area contributed by atoms with E-state index in [0.29, 0.717) is 6.04 Å². The summed E-state index contributed by atoms with van der Waals surface area (Å²) in [6, 6.07) is 4.78. The van der Waals surface area contributed by atoms with E-state index in [-0.39, 0.29) is 0 Å². The van der Waals surface area contributed by atoms with Gasteiger partial charge in [-0.25, -0.2) is 0 Å². The fourth-order valence-electron chi connectivity index (χ4n) is 2.76. The number of hydrogen-bond acceptors (Lipinski definition) is 2. The zero-order valence-electron chi connectivity index (χ0n) is 13.2. The summed E-state index contributed by atoms with van der Waals surface area (Å²) in [4.78, 5) is 0. The molecule has 19 heavy (non-hydrogen) atoms. The molecule has 2 heteroatoms. The molecule has 0 radical (unpaired) electrons. The summed E-state index contributed by atoms with van der Waals surface area (Å²) in [5.41, 5.74) is 3.91. The molecule has 0 saturated carbocycles. The Morgan fingerprint density at radius 1 is 1.16 bits per heavy atom. The van der Waals surface area contributed by atoms with Crippen LogP contribution < -0.4 is 10.1 Å². The van der Waals surface area contributed by atoms with Crippen LogP contribution in [0, 0.1) is 13.8 Å². The van der Waals surface area contributed by atoms with Gasteiger partial charge in [-0.3, -0.25) is 0 Å². The maximum atomic E-state index is 5.58. The van der Waals surface area contributed by atoms with E-state index in [2.05, 4.69) is 38.2 Å². The molecular formula is C17H29NO. The first-order valence-corrected chi connectivity index (χ1v) is 7.46. The van der Waals surface area contributed by atoms with Gasteiger partial charge in [0.1, 0.15) is 5.75 Å². The van der Waals surface area contributed by atoms with Crippen molar-refractivity contribution in [1.29, 1.82) is 0 Å². The number of aryl methyl sites for hydroxylation is 2. The zero-order chi connectivity index (χ0) is 14.3. The molecule has 0 aliphatic carbocycles. The molecule has 0 heterocycles. The van der Waals surface area contributed by atoms with Crippen LogP contribution in [0.2, 0.25) is 0 Å². The molecule has 1 aromatic rings. The predicted molar refractivity (Wildman–Crippen MR) is 83.0 cm³/mol. The smallest absolute Gasteiger partial charge is 0.124 e. The van der Waals surface area contributed by atoms with E-state index in [1.54, 1.807) is 7.11 Å². The number of nitrogens with one attached hydrogen (secondary N) is 1. The van der Waals surface area contributed by atoms with E-state index in [0.717, 1.165) is 5.75 Å². The SMILES string of the molecule is CCCCCCC(NC)c1c(C)cc(C)cc1OC. The van der Waals surface area contributed by atoms with E-state index in [1.165, 1.54) is 48.8 Å². The third-order valence-electron chi connectivity index (χ3n) is 3.76. The molecule has 0 aliphatic heterocycles. The minimum Gasteiger partial charge on any atom is -0.496 e. The second-order valence-corrected chi connectivity index (χ2v) is 5.39. The van der Waals surface area contributed by atoms with Crippen molar-refractivity contribution in [3.8, 4) is 5.75 Å². The lowest BCUT2D eigenvalue weighted by Gasteiger charge is -2.22. The topological polar surface area (TPSA) is 21.3 Å². The Hall–Kier alpha value is -1.02. The average Bonchev–Trinajstić information content (AvgIpc) is 2.39. The van der Waals surface area contributed by atoms with Gasteiger partial charge in [-0.2, -0.15) is 0 Å². The van der Waals surface area contributed by atoms with Gasteiger partial charge in [0.2, 0.25) is 0 Å². The molecule has 0 spiro atoms. The molecule has 1 unspecified atom stereocenters. The Labute approximate surface area is 118 Å². The van der Waals surface area contributed by atoms with Crippen molar-refractivity contribution >= 4 is 0 Å². The highest BCUT2D eigenvalue weighted by atomic mass is 16.5. The molecule has 1 rings (SSSR count). The number of rotatable bonds is 8. The van der Waals surface area contributed by atoms with E-state index in [9.17, 15) is 0 Å². The fourth-order valence-corrected chi connectivity index (χ4v) is 2.76. The average molecular weight is 263 g/mol. The molecule has 0 amide bonds. The van der Waals surface area contributed by atoms with Crippen molar-refractivity contribution < 1.29 is 4.74 Å². The van der Waals surface area contributed by atoms with Crippen LogP contribution in [-0.2, 0) is 0 Å². The van der Waals surface area contributed by atoms with Gasteiger partial charge in [-0.1, -0.05) is 38.7 Å². The van der Waals surface area contributed by atoms with Gasteiger partial charge in [0.05, 0.1) is 7.11 Å². The third-order valence-corrected chi connectivity index (χ3v) is 3.76. The molecule has 0 aliphatic rings. The Balaban J connectivity index is 2.85. The standard InChI is InChI=1S/C17H29NO/c1-6-7-8-9-10-15(18-4)17-14(3)11-13(2)12-16(17)19-5/h11-12,15,18H,6-10H2,1-5H3. The van der Waals surface area contributed by atoms with E-state index < -0.39 is 0 Å². The molecule has 0 bridgehead atoms. The molecule has 2 nitrogen and oxygen atoms in total. The third kappa shape index (κ3) is 4.54. The highest BCUT2D eigenvalue weighted by Crippen LogP contribution is 2.32. The van der Waals surface area contributed by atoms with Gasteiger partial charge in [-0.05, 0) is 44.5 Å². The van der Waals surface area contributed by atoms with Crippen LogP contribution in [-0.4, -0.2) is 14.2 Å². The molecule has 1 atom stereocenters. The van der Waals surface area contributed by atoms with E-state index in [1.807, 2.05) is 7.05 Å². The first-order valence-electron chi connectivity index (χ1n) is 7.46. The summed E-state index contributed by atoms with van der Waals surface area (Å²) >= 11 is 0. The lowest BCUT2D eigenvalue weighted by Crippen LogP contribution is -2.18. The Bertz CT molecular complexity index is 387. The van der Waals surface area contributed by atoms with Crippen molar-refractivity contribution in [3.63, 3.8) is 0 Å². The largest absolute Gasteiger partial charge is 0.496 e. The monoisotopic (exact) mass is 263 g/mol. The Kier molecular flexibility index (Phi) is 6.93. The van der Waals surface area contributed by atoms with Crippen LogP contribution in [0.1, 0.15) is 61.8 Å². The highest BCUT2D eigenvalue weighted by molar-refractivity contribution is 5.45. The molecule has 108 valence electrons. The summed E-state index contributed by atoms with van der Waals surface area (Å²) in [6.07, 6.45) is 6.39. The Morgan fingerprint density at radius 2 is 1.89 bits per heavy atom. The quantitative estimate of drug-likeness (QED) is 0.695. The second kappa shape index (κ2) is 8.21. The first-order chi connectivity index (χ1) is 9.13. The molecule has 1 N–H and O–H groups in total. The van der Waals surface area contributed by atoms with Crippen molar-refractivity contribution in [2.75, 3.05) is 14.2 Å². The lowest BCUT2D eigenvalue weighted by atomic mass is 9.94. The van der Waals surface area contributed by atoms with Crippen LogP contribution in [0.15, 0.2) is 12.1 Å². The van der Waals surface area contributed by atoms with Gasteiger partial charge < -0.3 is 10.1 Å². The van der Waals surface area contributed by atoms with Gasteiger partial charge in [-0.15, -0.1) is 0 Å². The fraction of sp³-hybridized carbons (Fsp3) is 0.647.